The van der Waals surface area contributed by atoms with Gasteiger partial charge in [0.25, 0.3) is 5.91 Å². The average Bonchev–Trinajstić information content (AvgIpc) is 2.67. The predicted molar refractivity (Wildman–Crippen MR) is 85.1 cm³/mol. The van der Waals surface area contributed by atoms with Crippen molar-refractivity contribution >= 4 is 11.6 Å². The number of benzene rings is 2. The van der Waals surface area contributed by atoms with E-state index in [1.54, 1.807) is 6.07 Å². The molecule has 3 heteroatoms. The quantitative estimate of drug-likeness (QED) is 0.816. The van der Waals surface area contributed by atoms with Crippen molar-refractivity contribution in [1.29, 1.82) is 0 Å². The van der Waals surface area contributed by atoms with Crippen molar-refractivity contribution in [2.75, 3.05) is 12.3 Å². The molecule has 21 heavy (non-hydrogen) atoms. The fourth-order valence-electron chi connectivity index (χ4n) is 2.99. The predicted octanol–water partition coefficient (Wildman–Crippen LogP) is 3.17. The molecule has 2 aromatic rings. The topological polar surface area (TPSA) is 46.3 Å². The van der Waals surface area contributed by atoms with Crippen molar-refractivity contribution in [3.8, 4) is 0 Å². The molecule has 0 radical (unpaired) electrons. The number of aryl methyl sites for hydroxylation is 2. The van der Waals surface area contributed by atoms with Crippen molar-refractivity contribution in [2.24, 2.45) is 0 Å². The smallest absolute Gasteiger partial charge is 0.254 e. The molecule has 108 valence electrons. The SMILES string of the molecule is Cc1cc(N)cc(C(=O)N2CCCc3ccccc3C2)c1. The van der Waals surface area contributed by atoms with Gasteiger partial charge in [-0.3, -0.25) is 4.79 Å². The maximum atomic E-state index is 12.7. The van der Waals surface area contributed by atoms with Crippen LogP contribution in [0.4, 0.5) is 5.69 Å². The van der Waals surface area contributed by atoms with Gasteiger partial charge in [0.1, 0.15) is 0 Å². The van der Waals surface area contributed by atoms with E-state index in [0.717, 1.165) is 24.9 Å². The zero-order valence-corrected chi connectivity index (χ0v) is 12.3. The zero-order chi connectivity index (χ0) is 14.8. The summed E-state index contributed by atoms with van der Waals surface area (Å²) >= 11 is 0. The Hall–Kier alpha value is -2.29. The van der Waals surface area contributed by atoms with Gasteiger partial charge in [-0.25, -0.2) is 0 Å². The third-order valence-corrected chi connectivity index (χ3v) is 3.99. The van der Waals surface area contributed by atoms with Gasteiger partial charge < -0.3 is 10.6 Å². The second kappa shape index (κ2) is 5.60. The second-order valence-corrected chi connectivity index (χ2v) is 5.73. The van der Waals surface area contributed by atoms with Gasteiger partial charge in [-0.2, -0.15) is 0 Å². The Morgan fingerprint density at radius 3 is 2.67 bits per heavy atom. The number of anilines is 1. The number of nitrogens with two attached hydrogens (primary N) is 1. The summed E-state index contributed by atoms with van der Waals surface area (Å²) in [6.45, 7) is 3.44. The first-order valence-electron chi connectivity index (χ1n) is 7.37. The summed E-state index contributed by atoms with van der Waals surface area (Å²) in [6, 6.07) is 13.9. The molecule has 0 saturated carbocycles. The first-order chi connectivity index (χ1) is 10.1. The lowest BCUT2D eigenvalue weighted by Crippen LogP contribution is -2.30. The van der Waals surface area contributed by atoms with Crippen molar-refractivity contribution < 1.29 is 4.79 Å². The molecule has 0 aromatic heterocycles. The molecule has 3 nitrogen and oxygen atoms in total. The van der Waals surface area contributed by atoms with Crippen LogP contribution in [0.25, 0.3) is 0 Å². The summed E-state index contributed by atoms with van der Waals surface area (Å²) in [6.07, 6.45) is 2.04. The normalized spacial score (nSPS) is 14.4. The van der Waals surface area contributed by atoms with Crippen LogP contribution >= 0.6 is 0 Å². The highest BCUT2D eigenvalue weighted by molar-refractivity contribution is 5.95. The molecule has 1 amide bonds. The number of nitrogen functional groups attached to an aromatic ring is 1. The summed E-state index contributed by atoms with van der Waals surface area (Å²) in [7, 11) is 0. The summed E-state index contributed by atoms with van der Waals surface area (Å²) in [5, 5.41) is 0. The highest BCUT2D eigenvalue weighted by Crippen LogP contribution is 2.21. The van der Waals surface area contributed by atoms with E-state index < -0.39 is 0 Å². The highest BCUT2D eigenvalue weighted by Gasteiger charge is 2.20. The molecule has 0 unspecified atom stereocenters. The van der Waals surface area contributed by atoms with Crippen LogP contribution in [0, 0.1) is 6.92 Å². The van der Waals surface area contributed by atoms with Gasteiger partial charge in [-0.1, -0.05) is 24.3 Å². The largest absolute Gasteiger partial charge is 0.399 e. The molecule has 1 aliphatic rings. The Morgan fingerprint density at radius 1 is 1.14 bits per heavy atom. The molecule has 1 aliphatic heterocycles. The van der Waals surface area contributed by atoms with Crippen LogP contribution in [0.3, 0.4) is 0 Å². The monoisotopic (exact) mass is 280 g/mol. The van der Waals surface area contributed by atoms with Crippen LogP contribution in [0.1, 0.15) is 33.5 Å². The maximum Gasteiger partial charge on any atom is 0.254 e. The lowest BCUT2D eigenvalue weighted by Gasteiger charge is -2.21. The van der Waals surface area contributed by atoms with Crippen molar-refractivity contribution in [1.82, 2.24) is 4.90 Å². The van der Waals surface area contributed by atoms with Gasteiger partial charge >= 0.3 is 0 Å². The molecule has 3 rings (SSSR count). The van der Waals surface area contributed by atoms with Crippen LogP contribution in [0.2, 0.25) is 0 Å². The standard InChI is InChI=1S/C18H20N2O/c1-13-9-16(11-17(19)10-13)18(21)20-8-4-7-14-5-2-3-6-15(14)12-20/h2-3,5-6,9-11H,4,7-8,12,19H2,1H3. The third kappa shape index (κ3) is 2.92. The maximum absolute atomic E-state index is 12.7. The van der Waals surface area contributed by atoms with Crippen LogP contribution in [-0.2, 0) is 13.0 Å². The summed E-state index contributed by atoms with van der Waals surface area (Å²) in [5.41, 5.74) is 10.8. The zero-order valence-electron chi connectivity index (χ0n) is 12.3. The highest BCUT2D eigenvalue weighted by atomic mass is 16.2. The molecular weight excluding hydrogens is 260 g/mol. The fourth-order valence-corrected chi connectivity index (χ4v) is 2.99. The summed E-state index contributed by atoms with van der Waals surface area (Å²) in [4.78, 5) is 14.7. The molecule has 0 bridgehead atoms. The van der Waals surface area contributed by atoms with Crippen LogP contribution < -0.4 is 5.73 Å². The third-order valence-electron chi connectivity index (χ3n) is 3.99. The number of rotatable bonds is 1. The molecular formula is C18H20N2O. The van der Waals surface area contributed by atoms with Crippen molar-refractivity contribution in [2.45, 2.75) is 26.3 Å². The number of carbonyl (C=O) groups excluding carboxylic acids is 1. The summed E-state index contributed by atoms with van der Waals surface area (Å²) in [5.74, 6) is 0.0714. The minimum Gasteiger partial charge on any atom is -0.399 e. The lowest BCUT2D eigenvalue weighted by atomic mass is 10.0. The lowest BCUT2D eigenvalue weighted by molar-refractivity contribution is 0.0746. The van der Waals surface area contributed by atoms with Gasteiger partial charge in [0.2, 0.25) is 0 Å². The van der Waals surface area contributed by atoms with Crippen molar-refractivity contribution in [3.05, 3.63) is 64.7 Å². The van der Waals surface area contributed by atoms with E-state index in [-0.39, 0.29) is 5.91 Å². The van der Waals surface area contributed by atoms with Crippen LogP contribution in [0.15, 0.2) is 42.5 Å². The van der Waals surface area contributed by atoms with Gasteiger partial charge in [0.15, 0.2) is 0 Å². The van der Waals surface area contributed by atoms with E-state index in [2.05, 4.69) is 18.2 Å². The molecule has 2 aromatic carbocycles. The molecule has 2 N–H and O–H groups in total. The molecule has 1 heterocycles. The Kier molecular flexibility index (Phi) is 3.65. The van der Waals surface area contributed by atoms with E-state index in [9.17, 15) is 4.79 Å². The van der Waals surface area contributed by atoms with E-state index >= 15 is 0 Å². The Morgan fingerprint density at radius 2 is 1.90 bits per heavy atom. The Bertz CT molecular complexity index is 658. The van der Waals surface area contributed by atoms with Gasteiger partial charge in [0, 0.05) is 24.3 Å². The molecule has 0 atom stereocenters. The number of hydrogen-bond donors (Lipinski definition) is 1. The van der Waals surface area contributed by atoms with Crippen LogP contribution in [0.5, 0.6) is 0 Å². The number of amides is 1. The van der Waals surface area contributed by atoms with Gasteiger partial charge in [0.05, 0.1) is 0 Å². The van der Waals surface area contributed by atoms with Gasteiger partial charge in [-0.15, -0.1) is 0 Å². The number of carbonyl (C=O) groups is 1. The van der Waals surface area contributed by atoms with Gasteiger partial charge in [-0.05, 0) is 54.7 Å². The van der Waals surface area contributed by atoms with E-state index in [1.807, 2.05) is 30.0 Å². The van der Waals surface area contributed by atoms with Crippen molar-refractivity contribution in [3.63, 3.8) is 0 Å². The molecule has 0 fully saturated rings. The fraction of sp³-hybridized carbons (Fsp3) is 0.278. The number of nitrogens with zero attached hydrogens (tertiary/aromatic N) is 1. The number of fused-ring (bicyclic) bond motifs is 1. The van der Waals surface area contributed by atoms with E-state index in [1.165, 1.54) is 11.1 Å². The Balaban J connectivity index is 1.88. The molecule has 0 aliphatic carbocycles. The summed E-state index contributed by atoms with van der Waals surface area (Å²) < 4.78 is 0. The number of hydrogen-bond acceptors (Lipinski definition) is 2. The first-order valence-corrected chi connectivity index (χ1v) is 7.37. The minimum absolute atomic E-state index is 0.0714. The average molecular weight is 280 g/mol. The first kappa shape index (κ1) is 13.7. The Labute approximate surface area is 125 Å². The van der Waals surface area contributed by atoms with Crippen LogP contribution in [-0.4, -0.2) is 17.4 Å². The molecule has 0 spiro atoms. The molecule has 0 saturated heterocycles. The minimum atomic E-state index is 0.0714. The second-order valence-electron chi connectivity index (χ2n) is 5.73. The van der Waals surface area contributed by atoms with E-state index in [4.69, 9.17) is 5.73 Å². The van der Waals surface area contributed by atoms with E-state index in [0.29, 0.717) is 17.8 Å².